The summed E-state index contributed by atoms with van der Waals surface area (Å²) in [6.45, 7) is 1.98. The SMILES string of the molecule is Cc1ccc(NC(=O)c2c[nH]n3c(=O)cc(Cc4ccsc4)nc23)cc1. The molecule has 0 unspecified atom stereocenters. The molecule has 0 saturated heterocycles. The van der Waals surface area contributed by atoms with Crippen LogP contribution in [0.4, 0.5) is 5.69 Å². The number of anilines is 1. The van der Waals surface area contributed by atoms with Crippen molar-refractivity contribution in [1.29, 1.82) is 0 Å². The highest BCUT2D eigenvalue weighted by atomic mass is 32.1. The van der Waals surface area contributed by atoms with Crippen LogP contribution in [0.3, 0.4) is 0 Å². The number of rotatable bonds is 4. The molecule has 7 heteroatoms. The smallest absolute Gasteiger partial charge is 0.272 e. The van der Waals surface area contributed by atoms with Crippen LogP contribution in [0.2, 0.25) is 0 Å². The molecule has 3 heterocycles. The number of hydrogen-bond acceptors (Lipinski definition) is 4. The third-order valence-corrected chi connectivity index (χ3v) is 4.80. The molecule has 4 aromatic rings. The molecular weight excluding hydrogens is 348 g/mol. The van der Waals surface area contributed by atoms with Crippen LogP contribution in [0.5, 0.6) is 0 Å². The number of amides is 1. The van der Waals surface area contributed by atoms with Gasteiger partial charge in [0.05, 0.1) is 5.69 Å². The Kier molecular flexibility index (Phi) is 4.14. The minimum Gasteiger partial charge on any atom is -0.322 e. The second-order valence-electron chi connectivity index (χ2n) is 6.06. The standard InChI is InChI=1S/C19H16N4O2S/c1-12-2-4-14(5-3-12)22-19(25)16-10-20-23-17(24)9-15(21-18(16)23)8-13-6-7-26-11-13/h2-7,9-11,20H,8H2,1H3,(H,22,25). The normalized spacial score (nSPS) is 11.0. The Bertz CT molecular complexity index is 1120. The quantitative estimate of drug-likeness (QED) is 0.583. The summed E-state index contributed by atoms with van der Waals surface area (Å²) in [4.78, 5) is 29.5. The Labute approximate surface area is 153 Å². The van der Waals surface area contributed by atoms with Crippen LogP contribution in [0.15, 0.2) is 58.1 Å². The topological polar surface area (TPSA) is 79.3 Å². The zero-order valence-corrected chi connectivity index (χ0v) is 14.8. The molecule has 0 bridgehead atoms. The first-order chi connectivity index (χ1) is 12.6. The molecule has 4 rings (SSSR count). The van der Waals surface area contributed by atoms with Crippen LogP contribution < -0.4 is 10.9 Å². The van der Waals surface area contributed by atoms with E-state index in [4.69, 9.17) is 0 Å². The van der Waals surface area contributed by atoms with Crippen molar-refractivity contribution in [2.45, 2.75) is 13.3 Å². The number of aromatic amines is 1. The predicted molar refractivity (Wildman–Crippen MR) is 102 cm³/mol. The summed E-state index contributed by atoms with van der Waals surface area (Å²) in [7, 11) is 0. The molecule has 1 aromatic carbocycles. The lowest BCUT2D eigenvalue weighted by Crippen LogP contribution is -2.17. The number of carbonyl (C=O) groups excluding carboxylic acids is 1. The lowest BCUT2D eigenvalue weighted by Gasteiger charge is -2.05. The van der Waals surface area contributed by atoms with Gasteiger partial charge in [-0.25, -0.2) is 9.50 Å². The molecule has 26 heavy (non-hydrogen) atoms. The van der Waals surface area contributed by atoms with Gasteiger partial charge < -0.3 is 5.32 Å². The first kappa shape index (κ1) is 16.3. The fourth-order valence-electron chi connectivity index (χ4n) is 2.72. The van der Waals surface area contributed by atoms with Crippen LogP contribution >= 0.6 is 11.3 Å². The molecule has 0 aliphatic rings. The molecule has 0 aliphatic carbocycles. The van der Waals surface area contributed by atoms with Crippen LogP contribution in [0.1, 0.15) is 27.2 Å². The minimum atomic E-state index is -0.313. The van der Waals surface area contributed by atoms with E-state index in [1.54, 1.807) is 11.3 Å². The minimum absolute atomic E-state index is 0.241. The highest BCUT2D eigenvalue weighted by Gasteiger charge is 2.16. The Morgan fingerprint density at radius 2 is 2.08 bits per heavy atom. The van der Waals surface area contributed by atoms with Gasteiger partial charge in [0.25, 0.3) is 11.5 Å². The molecule has 1 amide bonds. The largest absolute Gasteiger partial charge is 0.322 e. The number of nitrogens with one attached hydrogen (secondary N) is 2. The summed E-state index contributed by atoms with van der Waals surface area (Å²) in [5.74, 6) is -0.313. The van der Waals surface area contributed by atoms with E-state index in [0.29, 0.717) is 29.0 Å². The lowest BCUT2D eigenvalue weighted by atomic mass is 10.2. The second-order valence-corrected chi connectivity index (χ2v) is 6.84. The van der Waals surface area contributed by atoms with E-state index in [1.165, 1.54) is 16.8 Å². The van der Waals surface area contributed by atoms with Gasteiger partial charge in [-0.2, -0.15) is 11.3 Å². The number of H-pyrrole nitrogens is 1. The average molecular weight is 364 g/mol. The number of hydrogen-bond donors (Lipinski definition) is 2. The van der Waals surface area contributed by atoms with Crippen molar-refractivity contribution in [3.63, 3.8) is 0 Å². The van der Waals surface area contributed by atoms with Gasteiger partial charge in [0.2, 0.25) is 0 Å². The Balaban J connectivity index is 1.68. The molecule has 0 radical (unpaired) electrons. The Morgan fingerprint density at radius 1 is 1.27 bits per heavy atom. The molecule has 0 spiro atoms. The summed E-state index contributed by atoms with van der Waals surface area (Å²) >= 11 is 1.60. The monoisotopic (exact) mass is 364 g/mol. The van der Waals surface area contributed by atoms with Crippen molar-refractivity contribution in [2.24, 2.45) is 0 Å². The van der Waals surface area contributed by atoms with Gasteiger partial charge >= 0.3 is 0 Å². The van der Waals surface area contributed by atoms with Crippen molar-refractivity contribution in [3.8, 4) is 0 Å². The van der Waals surface area contributed by atoms with E-state index in [9.17, 15) is 9.59 Å². The maximum atomic E-state index is 12.6. The van der Waals surface area contributed by atoms with Gasteiger partial charge in [-0.15, -0.1) is 0 Å². The maximum Gasteiger partial charge on any atom is 0.272 e. The fourth-order valence-corrected chi connectivity index (χ4v) is 3.39. The van der Waals surface area contributed by atoms with Gasteiger partial charge in [-0.3, -0.25) is 14.7 Å². The molecule has 6 nitrogen and oxygen atoms in total. The van der Waals surface area contributed by atoms with Gasteiger partial charge in [-0.1, -0.05) is 17.7 Å². The Hall–Kier alpha value is -3.19. The van der Waals surface area contributed by atoms with Crippen molar-refractivity contribution < 1.29 is 4.79 Å². The molecule has 2 N–H and O–H groups in total. The summed E-state index contributed by atoms with van der Waals surface area (Å²) < 4.78 is 1.28. The van der Waals surface area contributed by atoms with Gasteiger partial charge in [0, 0.05) is 24.4 Å². The van der Waals surface area contributed by atoms with Crippen LogP contribution in [0, 0.1) is 6.92 Å². The summed E-state index contributed by atoms with van der Waals surface area (Å²) in [6.07, 6.45) is 2.06. The first-order valence-corrected chi connectivity index (χ1v) is 9.03. The fraction of sp³-hybridized carbons (Fsp3) is 0.105. The Morgan fingerprint density at radius 3 is 2.81 bits per heavy atom. The van der Waals surface area contributed by atoms with Gasteiger partial charge in [0.1, 0.15) is 5.56 Å². The molecule has 0 aliphatic heterocycles. The van der Waals surface area contributed by atoms with Crippen LogP contribution in [-0.4, -0.2) is 20.5 Å². The summed E-state index contributed by atoms with van der Waals surface area (Å²) in [5.41, 5.74) is 3.94. The van der Waals surface area contributed by atoms with Crippen molar-refractivity contribution in [3.05, 3.63) is 86.1 Å². The average Bonchev–Trinajstić information content (AvgIpc) is 3.27. The molecule has 0 fully saturated rings. The highest BCUT2D eigenvalue weighted by molar-refractivity contribution is 7.07. The summed E-state index contributed by atoms with van der Waals surface area (Å²) in [6, 6.07) is 11.0. The number of carbonyl (C=O) groups is 1. The van der Waals surface area contributed by atoms with E-state index in [2.05, 4.69) is 15.4 Å². The van der Waals surface area contributed by atoms with E-state index < -0.39 is 0 Å². The van der Waals surface area contributed by atoms with E-state index >= 15 is 0 Å². The molecule has 0 atom stereocenters. The first-order valence-electron chi connectivity index (χ1n) is 8.09. The lowest BCUT2D eigenvalue weighted by molar-refractivity contribution is 0.102. The predicted octanol–water partition coefficient (Wildman–Crippen LogP) is 3.24. The van der Waals surface area contributed by atoms with Gasteiger partial charge in [0.15, 0.2) is 5.65 Å². The van der Waals surface area contributed by atoms with Gasteiger partial charge in [-0.05, 0) is 41.4 Å². The van der Waals surface area contributed by atoms with Crippen LogP contribution in [0.25, 0.3) is 5.65 Å². The third-order valence-electron chi connectivity index (χ3n) is 4.07. The molecule has 0 saturated carbocycles. The third kappa shape index (κ3) is 3.16. The zero-order valence-electron chi connectivity index (χ0n) is 14.0. The second kappa shape index (κ2) is 6.61. The van der Waals surface area contributed by atoms with Crippen LogP contribution in [-0.2, 0) is 6.42 Å². The molecular formula is C19H16N4O2S. The number of fused-ring (bicyclic) bond motifs is 1. The molecule has 3 aromatic heterocycles. The van der Waals surface area contributed by atoms with E-state index in [-0.39, 0.29) is 11.5 Å². The van der Waals surface area contributed by atoms with E-state index in [1.807, 2.05) is 48.0 Å². The van der Waals surface area contributed by atoms with Crippen molar-refractivity contribution in [1.82, 2.24) is 14.6 Å². The zero-order chi connectivity index (χ0) is 18.1. The van der Waals surface area contributed by atoms with Crippen molar-refractivity contribution in [2.75, 3.05) is 5.32 Å². The summed E-state index contributed by atoms with van der Waals surface area (Å²) in [5, 5.41) is 9.64. The molecule has 130 valence electrons. The number of thiophene rings is 1. The highest BCUT2D eigenvalue weighted by Crippen LogP contribution is 2.15. The number of aromatic nitrogens is 3. The number of benzene rings is 1. The van der Waals surface area contributed by atoms with Crippen molar-refractivity contribution >= 4 is 28.6 Å². The number of aryl methyl sites for hydroxylation is 1. The number of nitrogens with zero attached hydrogens (tertiary/aromatic N) is 2. The maximum absolute atomic E-state index is 12.6. The van der Waals surface area contributed by atoms with E-state index in [0.717, 1.165) is 11.1 Å².